The first-order valence-corrected chi connectivity index (χ1v) is 9.42. The second-order valence-electron chi connectivity index (χ2n) is 6.46. The number of aryl methyl sites for hydroxylation is 1. The Morgan fingerprint density at radius 3 is 2.81 bits per heavy atom. The third-order valence-electron chi connectivity index (χ3n) is 4.34. The summed E-state index contributed by atoms with van der Waals surface area (Å²) in [5.74, 6) is -0.240. The number of H-pyrrole nitrogens is 1. The van der Waals surface area contributed by atoms with E-state index < -0.39 is 0 Å². The van der Waals surface area contributed by atoms with Crippen molar-refractivity contribution in [2.45, 2.75) is 19.4 Å². The summed E-state index contributed by atoms with van der Waals surface area (Å²) in [7, 11) is 0. The zero-order chi connectivity index (χ0) is 18.8. The van der Waals surface area contributed by atoms with Crippen LogP contribution in [0.25, 0.3) is 21.5 Å². The van der Waals surface area contributed by atoms with Gasteiger partial charge in [0.15, 0.2) is 0 Å². The van der Waals surface area contributed by atoms with Gasteiger partial charge in [0.25, 0.3) is 0 Å². The molecule has 0 aliphatic heterocycles. The number of benzene rings is 2. The third-order valence-corrected chi connectivity index (χ3v) is 5.27. The van der Waals surface area contributed by atoms with E-state index in [0.717, 1.165) is 37.9 Å². The zero-order valence-electron chi connectivity index (χ0n) is 14.7. The van der Waals surface area contributed by atoms with E-state index >= 15 is 0 Å². The maximum absolute atomic E-state index is 13.0. The van der Waals surface area contributed by atoms with Gasteiger partial charge in [-0.2, -0.15) is 5.10 Å². The molecule has 0 bridgehead atoms. The lowest BCUT2D eigenvalue weighted by molar-refractivity contribution is 0.625. The van der Waals surface area contributed by atoms with Crippen molar-refractivity contribution in [3.05, 3.63) is 59.5 Å². The van der Waals surface area contributed by atoms with E-state index in [9.17, 15) is 4.39 Å². The van der Waals surface area contributed by atoms with Crippen molar-refractivity contribution in [2.75, 3.05) is 11.9 Å². The van der Waals surface area contributed by atoms with Crippen molar-refractivity contribution in [3.8, 4) is 10.6 Å². The largest absolute Gasteiger partial charge is 0.359 e. The summed E-state index contributed by atoms with van der Waals surface area (Å²) in [6.45, 7) is 2.56. The highest BCUT2D eigenvalue weighted by Gasteiger charge is 2.11. The monoisotopic (exact) mass is 382 g/mol. The molecule has 2 aromatic carbocycles. The quantitative estimate of drug-likeness (QED) is 0.475. The number of fused-ring (bicyclic) bond motifs is 1. The van der Waals surface area contributed by atoms with Crippen LogP contribution in [0.2, 0.25) is 0 Å². The molecule has 0 saturated carbocycles. The van der Waals surface area contributed by atoms with E-state index in [4.69, 9.17) is 5.73 Å². The number of aromatic nitrogens is 4. The van der Waals surface area contributed by atoms with Crippen LogP contribution in [0.1, 0.15) is 11.3 Å². The number of aromatic amines is 1. The van der Waals surface area contributed by atoms with Crippen LogP contribution in [0.3, 0.4) is 0 Å². The number of nitrogens with zero attached hydrogens (tertiary/aromatic N) is 3. The van der Waals surface area contributed by atoms with Crippen LogP contribution in [0.15, 0.2) is 42.5 Å². The van der Waals surface area contributed by atoms with Gasteiger partial charge in [0.1, 0.15) is 10.8 Å². The van der Waals surface area contributed by atoms with Crippen molar-refractivity contribution in [1.82, 2.24) is 20.4 Å². The molecule has 4 rings (SSSR count). The van der Waals surface area contributed by atoms with Crippen molar-refractivity contribution in [2.24, 2.45) is 5.73 Å². The van der Waals surface area contributed by atoms with Crippen molar-refractivity contribution in [1.29, 1.82) is 0 Å². The Hall–Kier alpha value is -2.84. The molecule has 2 aromatic heterocycles. The summed E-state index contributed by atoms with van der Waals surface area (Å²) in [6.07, 6.45) is 0.662. The standard InChI is InChI=1S/C19H19FN6S/c1-11-16-9-13(4-7-17(16)24-23-11)18-25-26-19(27-18)22-10-15(21)8-12-2-5-14(20)6-3-12/h2-7,9,15H,8,10,21H2,1H3,(H,22,26)(H,23,24). The molecule has 1 atom stereocenters. The van der Waals surface area contributed by atoms with Gasteiger partial charge in [-0.3, -0.25) is 5.10 Å². The topological polar surface area (TPSA) is 92.5 Å². The Morgan fingerprint density at radius 1 is 1.19 bits per heavy atom. The van der Waals surface area contributed by atoms with Crippen molar-refractivity contribution in [3.63, 3.8) is 0 Å². The van der Waals surface area contributed by atoms with Crippen LogP contribution in [-0.4, -0.2) is 33.0 Å². The average molecular weight is 382 g/mol. The molecule has 0 aliphatic rings. The lowest BCUT2D eigenvalue weighted by Gasteiger charge is -2.11. The van der Waals surface area contributed by atoms with E-state index in [-0.39, 0.29) is 11.9 Å². The minimum atomic E-state index is -0.240. The Bertz CT molecular complexity index is 1060. The highest BCUT2D eigenvalue weighted by atomic mass is 32.1. The molecule has 4 aromatic rings. The molecule has 1 unspecified atom stereocenters. The summed E-state index contributed by atoms with van der Waals surface area (Å²) < 4.78 is 13.0. The number of nitrogens with two attached hydrogens (primary N) is 1. The first-order valence-electron chi connectivity index (χ1n) is 8.61. The number of halogens is 1. The van der Waals surface area contributed by atoms with Gasteiger partial charge >= 0.3 is 0 Å². The Morgan fingerprint density at radius 2 is 2.00 bits per heavy atom. The van der Waals surface area contributed by atoms with Gasteiger partial charge in [0.2, 0.25) is 5.13 Å². The lowest BCUT2D eigenvalue weighted by atomic mass is 10.1. The normalized spacial score (nSPS) is 12.4. The molecule has 0 radical (unpaired) electrons. The number of hydrogen-bond donors (Lipinski definition) is 3. The first-order chi connectivity index (χ1) is 13.1. The van der Waals surface area contributed by atoms with Gasteiger partial charge in [0, 0.05) is 29.2 Å². The Kier molecular flexibility index (Phi) is 4.83. The fourth-order valence-corrected chi connectivity index (χ4v) is 3.64. The van der Waals surface area contributed by atoms with Gasteiger partial charge in [-0.15, -0.1) is 10.2 Å². The van der Waals surface area contributed by atoms with Crippen LogP contribution in [0, 0.1) is 12.7 Å². The van der Waals surface area contributed by atoms with E-state index in [2.05, 4.69) is 31.8 Å². The molecular weight excluding hydrogens is 363 g/mol. The highest BCUT2D eigenvalue weighted by molar-refractivity contribution is 7.18. The second kappa shape index (κ2) is 7.42. The fourth-order valence-electron chi connectivity index (χ4n) is 2.90. The number of rotatable bonds is 6. The molecule has 8 heteroatoms. The van der Waals surface area contributed by atoms with Gasteiger partial charge in [-0.05, 0) is 49.2 Å². The predicted molar refractivity (Wildman–Crippen MR) is 106 cm³/mol. The van der Waals surface area contributed by atoms with Gasteiger partial charge in [-0.1, -0.05) is 23.5 Å². The van der Waals surface area contributed by atoms with E-state index in [1.807, 2.05) is 19.1 Å². The molecular formula is C19H19FN6S. The maximum atomic E-state index is 13.0. The molecule has 4 N–H and O–H groups in total. The molecule has 138 valence electrons. The van der Waals surface area contributed by atoms with Crippen molar-refractivity contribution >= 4 is 27.4 Å². The second-order valence-corrected chi connectivity index (χ2v) is 7.44. The molecule has 6 nitrogen and oxygen atoms in total. The Labute approximate surface area is 159 Å². The van der Waals surface area contributed by atoms with Gasteiger partial charge in [0.05, 0.1) is 5.52 Å². The number of nitrogens with one attached hydrogen (secondary N) is 2. The van der Waals surface area contributed by atoms with Crippen LogP contribution in [0.5, 0.6) is 0 Å². The molecule has 0 aliphatic carbocycles. The highest BCUT2D eigenvalue weighted by Crippen LogP contribution is 2.29. The van der Waals surface area contributed by atoms with Crippen LogP contribution < -0.4 is 11.1 Å². The summed E-state index contributed by atoms with van der Waals surface area (Å²) in [4.78, 5) is 0. The van der Waals surface area contributed by atoms with E-state index in [1.54, 1.807) is 12.1 Å². The molecule has 2 heterocycles. The summed E-state index contributed by atoms with van der Waals surface area (Å²) in [5, 5.41) is 21.6. The molecule has 0 fully saturated rings. The summed E-state index contributed by atoms with van der Waals surface area (Å²) in [5.41, 5.74) is 10.1. The third kappa shape index (κ3) is 3.96. The van der Waals surface area contributed by atoms with Crippen LogP contribution in [0.4, 0.5) is 9.52 Å². The number of hydrogen-bond acceptors (Lipinski definition) is 6. The minimum Gasteiger partial charge on any atom is -0.359 e. The van der Waals surface area contributed by atoms with Crippen molar-refractivity contribution < 1.29 is 4.39 Å². The number of anilines is 1. The molecule has 0 amide bonds. The van der Waals surface area contributed by atoms with Crippen LogP contribution in [-0.2, 0) is 6.42 Å². The Balaban J connectivity index is 1.40. The zero-order valence-corrected chi connectivity index (χ0v) is 15.6. The molecule has 27 heavy (non-hydrogen) atoms. The van der Waals surface area contributed by atoms with Gasteiger partial charge in [-0.25, -0.2) is 4.39 Å². The summed E-state index contributed by atoms with van der Waals surface area (Å²) >= 11 is 1.48. The lowest BCUT2D eigenvalue weighted by Crippen LogP contribution is -2.31. The SMILES string of the molecule is Cc1[nH]nc2ccc(-c3nnc(NCC(N)Cc4ccc(F)cc4)s3)cc12. The van der Waals surface area contributed by atoms with Crippen LogP contribution >= 0.6 is 11.3 Å². The molecule has 0 saturated heterocycles. The molecule has 0 spiro atoms. The van der Waals surface area contributed by atoms with Gasteiger partial charge < -0.3 is 11.1 Å². The smallest absolute Gasteiger partial charge is 0.206 e. The average Bonchev–Trinajstić information content (AvgIpc) is 3.29. The maximum Gasteiger partial charge on any atom is 0.206 e. The summed E-state index contributed by atoms with van der Waals surface area (Å²) in [6, 6.07) is 12.3. The predicted octanol–water partition coefficient (Wildman–Crippen LogP) is 3.51. The minimum absolute atomic E-state index is 0.104. The first kappa shape index (κ1) is 17.6. The fraction of sp³-hybridized carbons (Fsp3) is 0.211. The van der Waals surface area contributed by atoms with E-state index in [0.29, 0.717) is 13.0 Å². The van der Waals surface area contributed by atoms with E-state index in [1.165, 1.54) is 23.5 Å².